The molecule has 10 aliphatic rings. The van der Waals surface area contributed by atoms with Crippen molar-refractivity contribution in [3.63, 3.8) is 0 Å². The van der Waals surface area contributed by atoms with Crippen LogP contribution < -0.4 is 0 Å². The molecule has 0 spiro atoms. The van der Waals surface area contributed by atoms with Gasteiger partial charge in [-0.2, -0.15) is 0 Å². The highest BCUT2D eigenvalue weighted by Gasteiger charge is 2.74. The van der Waals surface area contributed by atoms with Gasteiger partial charge in [0.15, 0.2) is 0 Å². The summed E-state index contributed by atoms with van der Waals surface area (Å²) in [6, 6.07) is 15.4. The van der Waals surface area contributed by atoms with Gasteiger partial charge in [0.05, 0.1) is 22.0 Å². The molecule has 12 rings (SSSR count). The molecular weight excluding hydrogens is 1030 g/mol. The smallest absolute Gasteiger partial charge is 0.335 e. The van der Waals surface area contributed by atoms with Gasteiger partial charge in [-0.3, -0.25) is 9.59 Å². The molecule has 8 nitrogen and oxygen atoms in total. The van der Waals surface area contributed by atoms with Gasteiger partial charge in [-0.1, -0.05) is 129 Å². The molecule has 0 bridgehead atoms. The van der Waals surface area contributed by atoms with Crippen molar-refractivity contribution >= 4 is 23.9 Å². The third kappa shape index (κ3) is 8.60. The van der Waals surface area contributed by atoms with E-state index in [1.807, 2.05) is 12.1 Å². The molecule has 10 aliphatic carbocycles. The van der Waals surface area contributed by atoms with Gasteiger partial charge in [0.25, 0.3) is 0 Å². The molecule has 4 N–H and O–H groups in total. The third-order valence-corrected chi connectivity index (χ3v) is 30.7. The summed E-state index contributed by atoms with van der Waals surface area (Å²) in [5, 5.41) is 40.4. The summed E-state index contributed by atoms with van der Waals surface area (Å²) in [5.41, 5.74) is 3.83. The van der Waals surface area contributed by atoms with Crippen LogP contribution in [0.25, 0.3) is 0 Å². The first-order valence-corrected chi connectivity index (χ1v) is 33.4. The van der Waals surface area contributed by atoms with E-state index in [1.165, 1.54) is 75.3 Å². The molecule has 8 heteroatoms. The molecule has 1 unspecified atom stereocenters. The highest BCUT2D eigenvalue weighted by molar-refractivity contribution is 5.88. The van der Waals surface area contributed by atoms with Crippen molar-refractivity contribution in [3.05, 3.63) is 70.8 Å². The molecule has 0 aliphatic heterocycles. The zero-order chi connectivity index (χ0) is 59.5. The molecule has 20 atom stereocenters. The second kappa shape index (κ2) is 20.7. The van der Waals surface area contributed by atoms with Gasteiger partial charge in [0, 0.05) is 0 Å². The van der Waals surface area contributed by atoms with Crippen LogP contribution in [0.4, 0.5) is 0 Å². The Morgan fingerprint density at radius 2 is 0.819 bits per heavy atom. The lowest BCUT2D eigenvalue weighted by atomic mass is 9.31. The van der Waals surface area contributed by atoms with E-state index in [9.17, 15) is 39.6 Å². The zero-order valence-electron chi connectivity index (χ0n) is 53.3. The van der Waals surface area contributed by atoms with Crippen LogP contribution in [0.3, 0.4) is 0 Å². The van der Waals surface area contributed by atoms with Gasteiger partial charge in [0.2, 0.25) is 0 Å². The summed E-state index contributed by atoms with van der Waals surface area (Å²) in [5.74, 6) is 4.43. The topological polar surface area (TPSA) is 149 Å². The number of rotatable bonds is 8. The molecule has 0 aromatic heterocycles. The number of hydrogen-bond donors (Lipinski definition) is 4. The van der Waals surface area contributed by atoms with Crippen LogP contribution in [0.1, 0.15) is 276 Å². The van der Waals surface area contributed by atoms with Gasteiger partial charge >= 0.3 is 23.9 Å². The number of aromatic carboxylic acids is 2. The molecule has 0 amide bonds. The van der Waals surface area contributed by atoms with Gasteiger partial charge in [0.1, 0.15) is 0 Å². The van der Waals surface area contributed by atoms with Crippen LogP contribution in [0, 0.1) is 125 Å². The standard InChI is InChI=1S/2C37H54O4.CH4/c1-22(2)25-14-19-37(32(40)41)21-20-35(6)27(30(25)37)12-13-29-34(5)17-15-26(23-8-10-24(11-9-23)31(38)39)33(3,4)28(34)16-18-36(29,35)7;1-22(2)25-13-18-37(32(40)41)20-19-35(6)27(30(25)37)11-12-29-34(5)16-14-26(23-9-8-10-24(21-23)31(38)39)33(3,4)28(34)15-17-36(29,35)7;/h8-11,22,25-30H,12-21H2,1-7H3,(H,38,39)(H,40,41);8-10,21-22,25-30H,11-20H2,1-7H3,(H,38,39)(H,40,41);1H4/t25-,26+,27+,28-,29+,30+,34-,35+,36+,37-;25?,26-,27-,28+,29-,30-,34+,35-,36-,37+;/m01./s1. The summed E-state index contributed by atoms with van der Waals surface area (Å²) in [6.45, 7) is 35.0. The summed E-state index contributed by atoms with van der Waals surface area (Å²) in [6.07, 6.45) is 22.3. The van der Waals surface area contributed by atoms with Gasteiger partial charge in [-0.25, -0.2) is 9.59 Å². The first kappa shape index (κ1) is 62.4. The second-order valence-electron chi connectivity index (χ2n) is 33.9. The van der Waals surface area contributed by atoms with Crippen molar-refractivity contribution in [2.45, 2.75) is 245 Å². The Bertz CT molecular complexity index is 2830. The van der Waals surface area contributed by atoms with Crippen molar-refractivity contribution in [2.24, 2.45) is 125 Å². The fourth-order valence-electron chi connectivity index (χ4n) is 26.5. The highest BCUT2D eigenvalue weighted by atomic mass is 16.4. The van der Waals surface area contributed by atoms with E-state index in [0.29, 0.717) is 94.0 Å². The maximum atomic E-state index is 13.0. The monoisotopic (exact) mass is 1140 g/mol. The molecule has 460 valence electrons. The average molecular weight is 1140 g/mol. The minimum Gasteiger partial charge on any atom is -0.481 e. The number of carboxylic acids is 4. The third-order valence-electron chi connectivity index (χ3n) is 30.7. The lowest BCUT2D eigenvalue weighted by Gasteiger charge is -2.73. The molecule has 10 saturated carbocycles. The Morgan fingerprint density at radius 3 is 1.20 bits per heavy atom. The Kier molecular flexibility index (Phi) is 15.6. The molecule has 2 aromatic carbocycles. The van der Waals surface area contributed by atoms with E-state index in [2.05, 4.69) is 115 Å². The number of aliphatic carboxylic acids is 2. The van der Waals surface area contributed by atoms with Crippen LogP contribution in [-0.2, 0) is 9.59 Å². The van der Waals surface area contributed by atoms with E-state index in [1.54, 1.807) is 18.2 Å². The normalized spacial score (nSPS) is 46.1. The van der Waals surface area contributed by atoms with Gasteiger partial charge in [-0.05, 0) is 290 Å². The highest BCUT2D eigenvalue weighted by Crippen LogP contribution is 2.81. The summed E-state index contributed by atoms with van der Waals surface area (Å²) in [4.78, 5) is 49.1. The molecule has 0 heterocycles. The lowest BCUT2D eigenvalue weighted by molar-refractivity contribution is -0.241. The van der Waals surface area contributed by atoms with Crippen LogP contribution in [0.2, 0.25) is 0 Å². The van der Waals surface area contributed by atoms with Crippen LogP contribution in [-0.4, -0.2) is 44.3 Å². The fraction of sp³-hybridized carbons (Fsp3) is 0.787. The first-order chi connectivity index (χ1) is 38.3. The maximum Gasteiger partial charge on any atom is 0.335 e. The predicted octanol–water partition coefficient (Wildman–Crippen LogP) is 19.2. The number of benzene rings is 2. The quantitative estimate of drug-likeness (QED) is 0.204. The zero-order valence-corrected chi connectivity index (χ0v) is 53.3. The van der Waals surface area contributed by atoms with E-state index >= 15 is 0 Å². The fourth-order valence-corrected chi connectivity index (χ4v) is 26.5. The molecule has 2 aromatic rings. The van der Waals surface area contributed by atoms with Crippen LogP contribution >= 0.6 is 0 Å². The number of hydrogen-bond acceptors (Lipinski definition) is 4. The van der Waals surface area contributed by atoms with E-state index in [0.717, 1.165) is 64.2 Å². The summed E-state index contributed by atoms with van der Waals surface area (Å²) < 4.78 is 0. The Labute approximate surface area is 501 Å². The van der Waals surface area contributed by atoms with E-state index in [4.69, 9.17) is 0 Å². The molecule has 0 saturated heterocycles. The second-order valence-corrected chi connectivity index (χ2v) is 33.9. The summed E-state index contributed by atoms with van der Waals surface area (Å²) >= 11 is 0. The number of carbonyl (C=O) groups is 4. The largest absolute Gasteiger partial charge is 0.481 e. The Morgan fingerprint density at radius 1 is 0.410 bits per heavy atom. The van der Waals surface area contributed by atoms with Gasteiger partial charge in [-0.15, -0.1) is 0 Å². The van der Waals surface area contributed by atoms with E-state index in [-0.39, 0.29) is 50.7 Å². The molecular formula is C75H112O8. The molecule has 10 fully saturated rings. The number of carboxylic acid groups (broad SMARTS) is 4. The van der Waals surface area contributed by atoms with Crippen molar-refractivity contribution in [3.8, 4) is 0 Å². The van der Waals surface area contributed by atoms with Crippen molar-refractivity contribution in [1.82, 2.24) is 0 Å². The van der Waals surface area contributed by atoms with E-state index < -0.39 is 34.7 Å². The minimum atomic E-state index is -0.858. The first-order valence-electron chi connectivity index (χ1n) is 33.4. The van der Waals surface area contributed by atoms with Crippen molar-refractivity contribution in [1.29, 1.82) is 0 Å². The molecule has 0 radical (unpaired) electrons. The van der Waals surface area contributed by atoms with Gasteiger partial charge < -0.3 is 20.4 Å². The maximum absolute atomic E-state index is 13.0. The minimum absolute atomic E-state index is 0. The van der Waals surface area contributed by atoms with Crippen LogP contribution in [0.15, 0.2) is 48.5 Å². The Hall–Kier alpha value is -3.68. The summed E-state index contributed by atoms with van der Waals surface area (Å²) in [7, 11) is 0. The predicted molar refractivity (Wildman–Crippen MR) is 332 cm³/mol. The van der Waals surface area contributed by atoms with Crippen LogP contribution in [0.5, 0.6) is 0 Å². The lowest BCUT2D eigenvalue weighted by Crippen LogP contribution is -2.66. The average Bonchev–Trinajstić information content (AvgIpc) is 1.53. The number of fused-ring (bicyclic) bond motifs is 14. The molecule has 83 heavy (non-hydrogen) atoms. The SMILES string of the molecule is C.CC(C)C1CC[C@]2(C(=O)O)CC[C@]3(C)[C@H](CC[C@@H]4[C@@]5(C)CC[C@H](c6cccc(C(=O)O)c6)C(C)(C)[C@@H]5CC[C@]43C)[C@@H]12.CC(C)[C@@H]1CC[C@]2(C(=O)O)CC[C@]3(C)[C@H](CC[C@@H]4[C@@]5(C)CC[C@H](c6ccc(C(=O)O)cc6)C(C)(C)[C@@H]5CC[C@]43C)[C@@H]12. The van der Waals surface area contributed by atoms with Crippen molar-refractivity contribution < 1.29 is 39.6 Å². The van der Waals surface area contributed by atoms with Crippen molar-refractivity contribution in [2.75, 3.05) is 0 Å². The Balaban J connectivity index is 0.000000183.